The lowest BCUT2D eigenvalue weighted by molar-refractivity contribution is -0.167. The fraction of sp³-hybridized carbons (Fsp3) is 0.877. The second-order valence-corrected chi connectivity index (χ2v) is 18.9. The van der Waals surface area contributed by atoms with Crippen LogP contribution < -0.4 is 0 Å². The fourth-order valence-corrected chi connectivity index (χ4v) is 8.24. The summed E-state index contributed by atoms with van der Waals surface area (Å²) < 4.78 is 16.8. The van der Waals surface area contributed by atoms with E-state index in [0.29, 0.717) is 19.3 Å². The zero-order valence-corrected chi connectivity index (χ0v) is 42.4. The van der Waals surface area contributed by atoms with Crippen LogP contribution in [0.15, 0.2) is 24.3 Å². The number of allylic oxidation sites excluding steroid dienone is 4. The maximum absolute atomic E-state index is 12.8. The van der Waals surface area contributed by atoms with Gasteiger partial charge in [0.15, 0.2) is 6.10 Å². The molecule has 0 aromatic heterocycles. The molecule has 63 heavy (non-hydrogen) atoms. The molecule has 0 heterocycles. The van der Waals surface area contributed by atoms with Crippen LogP contribution in [-0.2, 0) is 28.6 Å². The van der Waals surface area contributed by atoms with E-state index in [1.165, 1.54) is 199 Å². The zero-order valence-electron chi connectivity index (χ0n) is 42.4. The smallest absolute Gasteiger partial charge is 0.306 e. The summed E-state index contributed by atoms with van der Waals surface area (Å²) in [7, 11) is 0. The molecule has 0 saturated carbocycles. The molecule has 0 radical (unpaired) electrons. The molecule has 370 valence electrons. The zero-order chi connectivity index (χ0) is 45.8. The molecular weight excluding hydrogens is 781 g/mol. The highest BCUT2D eigenvalue weighted by atomic mass is 16.6. The highest BCUT2D eigenvalue weighted by Gasteiger charge is 2.19. The van der Waals surface area contributed by atoms with Crippen LogP contribution in [0.3, 0.4) is 0 Å². The minimum atomic E-state index is -0.766. The summed E-state index contributed by atoms with van der Waals surface area (Å²) in [6.45, 7) is 6.64. The van der Waals surface area contributed by atoms with E-state index in [4.69, 9.17) is 14.2 Å². The Morgan fingerprint density at radius 2 is 0.571 bits per heavy atom. The summed E-state index contributed by atoms with van der Waals surface area (Å²) in [6.07, 6.45) is 60.2. The largest absolute Gasteiger partial charge is 0.462 e. The van der Waals surface area contributed by atoms with Gasteiger partial charge in [0.1, 0.15) is 13.2 Å². The molecule has 0 spiro atoms. The van der Waals surface area contributed by atoms with E-state index in [1.54, 1.807) is 0 Å². The Hall–Kier alpha value is -2.11. The third-order valence-electron chi connectivity index (χ3n) is 12.5. The van der Waals surface area contributed by atoms with Gasteiger partial charge in [0.25, 0.3) is 0 Å². The van der Waals surface area contributed by atoms with Gasteiger partial charge in [-0.25, -0.2) is 0 Å². The van der Waals surface area contributed by atoms with E-state index >= 15 is 0 Å². The van der Waals surface area contributed by atoms with E-state index in [2.05, 4.69) is 45.1 Å². The first-order valence-electron chi connectivity index (χ1n) is 27.8. The number of unbranched alkanes of at least 4 members (excludes halogenated alkanes) is 36. The average Bonchev–Trinajstić information content (AvgIpc) is 3.28. The topological polar surface area (TPSA) is 78.9 Å². The highest BCUT2D eigenvalue weighted by molar-refractivity contribution is 5.71. The van der Waals surface area contributed by atoms with E-state index in [1.807, 2.05) is 0 Å². The van der Waals surface area contributed by atoms with Crippen LogP contribution in [-0.4, -0.2) is 37.2 Å². The molecule has 0 saturated heterocycles. The molecule has 6 heteroatoms. The van der Waals surface area contributed by atoms with Crippen molar-refractivity contribution in [2.24, 2.45) is 0 Å². The summed E-state index contributed by atoms with van der Waals surface area (Å²) in [6, 6.07) is 0. The molecule has 0 aromatic rings. The summed E-state index contributed by atoms with van der Waals surface area (Å²) in [4.78, 5) is 38.0. The third kappa shape index (κ3) is 50.7. The quantitative estimate of drug-likeness (QED) is 0.0262. The SMILES string of the molecule is CCCCC/C=C\C/C=C\CCCCCCCCCCCC(=O)OCC(COC(=O)CCCCCCCCCCCCC)OC(=O)CCCCCCCCCCCCCCCCC. The predicted octanol–water partition coefficient (Wildman–Crippen LogP) is 18.3. The van der Waals surface area contributed by atoms with E-state index in [9.17, 15) is 14.4 Å². The summed E-state index contributed by atoms with van der Waals surface area (Å²) in [5, 5.41) is 0. The second kappa shape index (κ2) is 52.5. The molecule has 0 aliphatic carbocycles. The summed E-state index contributed by atoms with van der Waals surface area (Å²) in [5.74, 6) is -0.854. The lowest BCUT2D eigenvalue weighted by Crippen LogP contribution is -2.30. The van der Waals surface area contributed by atoms with Crippen LogP contribution in [0.1, 0.15) is 303 Å². The minimum Gasteiger partial charge on any atom is -0.462 e. The van der Waals surface area contributed by atoms with Crippen LogP contribution in [0.5, 0.6) is 0 Å². The average molecular weight is 887 g/mol. The van der Waals surface area contributed by atoms with Gasteiger partial charge < -0.3 is 14.2 Å². The molecule has 1 atom stereocenters. The molecule has 0 aliphatic heterocycles. The van der Waals surface area contributed by atoms with Crippen LogP contribution in [0.4, 0.5) is 0 Å². The van der Waals surface area contributed by atoms with Crippen molar-refractivity contribution >= 4 is 17.9 Å². The van der Waals surface area contributed by atoms with E-state index in [0.717, 1.165) is 64.2 Å². The summed E-state index contributed by atoms with van der Waals surface area (Å²) in [5.41, 5.74) is 0. The van der Waals surface area contributed by atoms with Gasteiger partial charge in [-0.3, -0.25) is 14.4 Å². The van der Waals surface area contributed by atoms with E-state index in [-0.39, 0.29) is 31.1 Å². The van der Waals surface area contributed by atoms with Crippen molar-refractivity contribution in [3.63, 3.8) is 0 Å². The van der Waals surface area contributed by atoms with Gasteiger partial charge in [0.2, 0.25) is 0 Å². The number of hydrogen-bond donors (Lipinski definition) is 0. The van der Waals surface area contributed by atoms with Crippen LogP contribution in [0.2, 0.25) is 0 Å². The van der Waals surface area contributed by atoms with Crippen molar-refractivity contribution in [1.82, 2.24) is 0 Å². The number of carbonyl (C=O) groups is 3. The fourth-order valence-electron chi connectivity index (χ4n) is 8.24. The van der Waals surface area contributed by atoms with Gasteiger partial charge in [-0.2, -0.15) is 0 Å². The lowest BCUT2D eigenvalue weighted by atomic mass is 10.0. The predicted molar refractivity (Wildman–Crippen MR) is 270 cm³/mol. The Labute approximate surface area is 392 Å². The number of rotatable bonds is 51. The first kappa shape index (κ1) is 60.9. The Balaban J connectivity index is 4.29. The Morgan fingerprint density at radius 1 is 0.317 bits per heavy atom. The molecule has 0 aromatic carbocycles. The van der Waals surface area contributed by atoms with Crippen molar-refractivity contribution in [3.05, 3.63) is 24.3 Å². The first-order valence-corrected chi connectivity index (χ1v) is 27.8. The molecule has 1 unspecified atom stereocenters. The number of esters is 3. The second-order valence-electron chi connectivity index (χ2n) is 18.9. The van der Waals surface area contributed by atoms with Gasteiger partial charge >= 0.3 is 17.9 Å². The monoisotopic (exact) mass is 887 g/mol. The van der Waals surface area contributed by atoms with Crippen molar-refractivity contribution in [3.8, 4) is 0 Å². The Bertz CT molecular complexity index is 1020. The lowest BCUT2D eigenvalue weighted by Gasteiger charge is -2.18. The maximum Gasteiger partial charge on any atom is 0.306 e. The highest BCUT2D eigenvalue weighted by Crippen LogP contribution is 2.16. The van der Waals surface area contributed by atoms with Gasteiger partial charge in [-0.15, -0.1) is 0 Å². The molecule has 0 bridgehead atoms. The molecular formula is C57H106O6. The third-order valence-corrected chi connectivity index (χ3v) is 12.5. The van der Waals surface area contributed by atoms with Gasteiger partial charge in [0.05, 0.1) is 0 Å². The molecule has 0 fully saturated rings. The van der Waals surface area contributed by atoms with E-state index < -0.39 is 6.10 Å². The van der Waals surface area contributed by atoms with Gasteiger partial charge in [-0.05, 0) is 51.4 Å². The molecule has 0 aliphatic rings. The van der Waals surface area contributed by atoms with Gasteiger partial charge in [0, 0.05) is 19.3 Å². The summed E-state index contributed by atoms with van der Waals surface area (Å²) >= 11 is 0. The van der Waals surface area contributed by atoms with Crippen molar-refractivity contribution in [1.29, 1.82) is 0 Å². The van der Waals surface area contributed by atoms with Crippen LogP contribution in [0, 0.1) is 0 Å². The Morgan fingerprint density at radius 3 is 0.905 bits per heavy atom. The van der Waals surface area contributed by atoms with Crippen molar-refractivity contribution < 1.29 is 28.6 Å². The molecule has 6 nitrogen and oxygen atoms in total. The number of ether oxygens (including phenoxy) is 3. The Kier molecular flexibility index (Phi) is 50.8. The van der Waals surface area contributed by atoms with Gasteiger partial charge in [-0.1, -0.05) is 257 Å². The standard InChI is InChI=1S/C57H106O6/c1-4-7-10-13-16-19-22-24-26-27-28-29-31-32-35-38-41-44-47-50-56(59)62-53-54(52-61-55(58)49-46-43-40-37-34-21-18-15-12-9-6-3)63-57(60)51-48-45-42-39-36-33-30-25-23-20-17-14-11-8-5-2/h16,19,24,26,54H,4-15,17-18,20-23,25,27-53H2,1-3H3/b19-16-,26-24-. The van der Waals surface area contributed by atoms with Crippen LogP contribution in [0.25, 0.3) is 0 Å². The van der Waals surface area contributed by atoms with Crippen LogP contribution >= 0.6 is 0 Å². The number of carbonyl (C=O) groups excluding carboxylic acids is 3. The maximum atomic E-state index is 12.8. The molecule has 0 N–H and O–H groups in total. The van der Waals surface area contributed by atoms with Crippen molar-refractivity contribution in [2.45, 2.75) is 309 Å². The number of hydrogen-bond acceptors (Lipinski definition) is 6. The van der Waals surface area contributed by atoms with Crippen molar-refractivity contribution in [2.75, 3.05) is 13.2 Å². The molecule has 0 amide bonds. The molecule has 0 rings (SSSR count). The first-order chi connectivity index (χ1) is 31.0. The normalized spacial score (nSPS) is 12.1. The minimum absolute atomic E-state index is 0.0672.